The topological polar surface area (TPSA) is 26.3 Å². The zero-order valence-electron chi connectivity index (χ0n) is 19.6. The molecule has 4 aromatic carbocycles. The molecule has 0 amide bonds. The van der Waals surface area contributed by atoms with E-state index in [-0.39, 0.29) is 16.9 Å². The minimum Gasteiger partial charge on any atom is -0.469 e. The van der Waals surface area contributed by atoms with Gasteiger partial charge in [0.25, 0.3) is 0 Å². The van der Waals surface area contributed by atoms with Gasteiger partial charge in [-0.15, -0.1) is 0 Å². The fourth-order valence-corrected chi connectivity index (χ4v) is 6.38. The van der Waals surface area contributed by atoms with Gasteiger partial charge in [0.1, 0.15) is 5.75 Å². The second-order valence-electron chi connectivity index (χ2n) is 8.04. The lowest BCUT2D eigenvalue weighted by molar-refractivity contribution is -0.140. The third-order valence-electron chi connectivity index (χ3n) is 5.68. The molecule has 170 valence electrons. The fraction of sp³-hybridized carbons (Fsp3) is 0.129. The number of hydrogen-bond acceptors (Lipinski definition) is 2. The van der Waals surface area contributed by atoms with Crippen LogP contribution in [0.25, 0.3) is 10.5 Å². The molecule has 0 aliphatic carbocycles. The van der Waals surface area contributed by atoms with Crippen LogP contribution >= 0.6 is 0 Å². The van der Waals surface area contributed by atoms with Gasteiger partial charge in [-0.05, 0) is 42.3 Å². The maximum Gasteiger partial charge on any atom is 0.310 e. The van der Waals surface area contributed by atoms with Crippen LogP contribution < -0.4 is 0 Å². The predicted octanol–water partition coefficient (Wildman–Crippen LogP) is 7.15. The third-order valence-corrected chi connectivity index (χ3v) is 8.06. The van der Waals surface area contributed by atoms with Crippen molar-refractivity contribution in [3.8, 4) is 0 Å². The van der Waals surface area contributed by atoms with Crippen LogP contribution in [0.3, 0.4) is 0 Å². The summed E-state index contributed by atoms with van der Waals surface area (Å²) in [4.78, 5) is 14.7. The number of benzene rings is 4. The number of aryl methyl sites for hydroxylation is 1. The highest BCUT2D eigenvalue weighted by Crippen LogP contribution is 2.40. The molecule has 3 heteroatoms. The summed E-state index contributed by atoms with van der Waals surface area (Å²) >= 11 is 0. The normalized spacial score (nSPS) is 11.5. The second kappa shape index (κ2) is 11.5. The predicted molar refractivity (Wildman–Crippen MR) is 144 cm³/mol. The van der Waals surface area contributed by atoms with Crippen LogP contribution in [0.15, 0.2) is 120 Å². The van der Waals surface area contributed by atoms with Gasteiger partial charge in [0.15, 0.2) is 9.80 Å². The van der Waals surface area contributed by atoms with Crippen molar-refractivity contribution in [2.24, 2.45) is 0 Å². The Bertz CT molecular complexity index is 1190. The van der Waals surface area contributed by atoms with Gasteiger partial charge in [0.2, 0.25) is 0 Å². The van der Waals surface area contributed by atoms with Crippen LogP contribution in [0.5, 0.6) is 0 Å². The van der Waals surface area contributed by atoms with Crippen molar-refractivity contribution in [1.82, 2.24) is 0 Å². The largest absolute Gasteiger partial charge is 0.469 e. The first kappa shape index (κ1) is 23.6. The lowest BCUT2D eigenvalue weighted by atomic mass is 9.95. The lowest BCUT2D eigenvalue weighted by Crippen LogP contribution is -2.16. The molecule has 0 aliphatic rings. The summed E-state index contributed by atoms with van der Waals surface area (Å²) < 4.78 is 5.02. The molecule has 0 radical (unpaired) electrons. The van der Waals surface area contributed by atoms with Gasteiger partial charge >= 0.3 is 5.97 Å². The van der Waals surface area contributed by atoms with Crippen molar-refractivity contribution in [2.45, 2.75) is 18.2 Å². The molecule has 0 aromatic heterocycles. The van der Waals surface area contributed by atoms with Crippen molar-refractivity contribution in [2.75, 3.05) is 12.9 Å². The zero-order chi connectivity index (χ0) is 23.8. The average molecular weight is 466 g/mol. The summed E-state index contributed by atoms with van der Waals surface area (Å²) in [5.74, 6) is 0.501. The van der Waals surface area contributed by atoms with Gasteiger partial charge in [0.05, 0.1) is 24.4 Å². The molecule has 0 N–H and O–H groups in total. The van der Waals surface area contributed by atoms with Gasteiger partial charge in [-0.1, -0.05) is 96.6 Å². The standard InChI is InChI=1S/C31H29O2S/c1-24-18-20-28(21-19-24)34(23-22-29(32)33-2)31(27-16-10-5-11-17-27)30(25-12-6-3-7-13-25)26-14-8-4-9-15-26/h3-21H,22-23H2,1-2H3/q+1. The Morgan fingerprint density at radius 1 is 0.676 bits per heavy atom. The molecule has 2 nitrogen and oxygen atoms in total. The Hall–Kier alpha value is -3.56. The van der Waals surface area contributed by atoms with E-state index < -0.39 is 0 Å². The third kappa shape index (κ3) is 5.67. The molecule has 0 bridgehead atoms. The van der Waals surface area contributed by atoms with Crippen molar-refractivity contribution in [3.63, 3.8) is 0 Å². The molecule has 4 rings (SSSR count). The molecule has 1 unspecified atom stereocenters. The van der Waals surface area contributed by atoms with Gasteiger partial charge in [-0.2, -0.15) is 0 Å². The van der Waals surface area contributed by atoms with Crippen molar-refractivity contribution < 1.29 is 9.53 Å². The lowest BCUT2D eigenvalue weighted by Gasteiger charge is -2.18. The quantitative estimate of drug-likeness (QED) is 0.157. The Morgan fingerprint density at radius 3 is 1.62 bits per heavy atom. The Balaban J connectivity index is 2.03. The molecular formula is C31H29O2S+. The molecule has 1 atom stereocenters. The number of carbonyl (C=O) groups is 1. The first-order valence-electron chi connectivity index (χ1n) is 11.4. The SMILES string of the molecule is COC(=O)CC[S+](C(=C(c1ccccc1)c1ccccc1)c1ccccc1)c1ccc(C)cc1. The van der Waals surface area contributed by atoms with E-state index in [2.05, 4.69) is 104 Å². The number of methoxy groups -OCH3 is 1. The van der Waals surface area contributed by atoms with E-state index in [0.717, 1.165) is 11.1 Å². The van der Waals surface area contributed by atoms with Gasteiger partial charge in [-0.3, -0.25) is 4.79 Å². The summed E-state index contributed by atoms with van der Waals surface area (Å²) in [6, 6.07) is 40.4. The number of carbonyl (C=O) groups excluding carboxylic acids is 1. The first-order valence-corrected chi connectivity index (χ1v) is 12.8. The number of ether oxygens (including phenoxy) is 1. The van der Waals surface area contributed by atoms with E-state index in [4.69, 9.17) is 4.74 Å². The van der Waals surface area contributed by atoms with Crippen molar-refractivity contribution in [3.05, 3.63) is 138 Å². The minimum atomic E-state index is -0.359. The number of esters is 1. The minimum absolute atomic E-state index is 0.182. The van der Waals surface area contributed by atoms with Crippen LogP contribution in [0.1, 0.15) is 28.7 Å². The fourth-order valence-electron chi connectivity index (χ4n) is 3.97. The molecule has 0 spiro atoms. The number of hydrogen-bond donors (Lipinski definition) is 0. The van der Waals surface area contributed by atoms with E-state index in [9.17, 15) is 4.79 Å². The van der Waals surface area contributed by atoms with Crippen LogP contribution in [0.2, 0.25) is 0 Å². The average Bonchev–Trinajstić information content (AvgIpc) is 2.90. The second-order valence-corrected chi connectivity index (χ2v) is 10.1. The zero-order valence-corrected chi connectivity index (χ0v) is 20.4. The van der Waals surface area contributed by atoms with Gasteiger partial charge in [0, 0.05) is 11.1 Å². The molecule has 34 heavy (non-hydrogen) atoms. The van der Waals surface area contributed by atoms with Gasteiger partial charge in [-0.25, -0.2) is 0 Å². The summed E-state index contributed by atoms with van der Waals surface area (Å²) in [7, 11) is 1.10. The van der Waals surface area contributed by atoms with Crippen molar-refractivity contribution in [1.29, 1.82) is 0 Å². The van der Waals surface area contributed by atoms with Crippen LogP contribution in [0.4, 0.5) is 0 Å². The maximum atomic E-state index is 12.2. The monoisotopic (exact) mass is 465 g/mol. The molecule has 0 heterocycles. The highest BCUT2D eigenvalue weighted by atomic mass is 32.2. The summed E-state index contributed by atoms with van der Waals surface area (Å²) in [5.41, 5.74) is 5.91. The van der Waals surface area contributed by atoms with E-state index in [1.165, 1.54) is 33.6 Å². The molecule has 4 aromatic rings. The van der Waals surface area contributed by atoms with E-state index >= 15 is 0 Å². The summed E-state index contributed by atoms with van der Waals surface area (Å²) in [6.07, 6.45) is 0.362. The molecule has 0 saturated heterocycles. The highest BCUT2D eigenvalue weighted by Gasteiger charge is 2.34. The van der Waals surface area contributed by atoms with Crippen LogP contribution in [0, 0.1) is 6.92 Å². The molecule has 0 fully saturated rings. The smallest absolute Gasteiger partial charge is 0.310 e. The summed E-state index contributed by atoms with van der Waals surface area (Å²) in [6.45, 7) is 2.10. The molecule has 0 saturated carbocycles. The maximum absolute atomic E-state index is 12.2. The van der Waals surface area contributed by atoms with E-state index in [0.29, 0.717) is 12.2 Å². The Morgan fingerprint density at radius 2 is 1.15 bits per heavy atom. The number of rotatable bonds is 8. The highest BCUT2D eigenvalue weighted by molar-refractivity contribution is 8.06. The summed E-state index contributed by atoms with van der Waals surface area (Å²) in [5, 5.41) is 0. The molecule has 0 aliphatic heterocycles. The Kier molecular flexibility index (Phi) is 8.00. The van der Waals surface area contributed by atoms with Crippen molar-refractivity contribution >= 4 is 27.3 Å². The Labute approximate surface area is 205 Å². The van der Waals surface area contributed by atoms with Crippen LogP contribution in [-0.4, -0.2) is 18.8 Å². The van der Waals surface area contributed by atoms with E-state index in [1.807, 2.05) is 18.2 Å². The van der Waals surface area contributed by atoms with Gasteiger partial charge < -0.3 is 4.74 Å². The van der Waals surface area contributed by atoms with Crippen LogP contribution in [-0.2, 0) is 20.4 Å². The van der Waals surface area contributed by atoms with E-state index in [1.54, 1.807) is 0 Å². The first-order chi connectivity index (χ1) is 16.7. The molecular weight excluding hydrogens is 436 g/mol.